The molecular weight excluding hydrogens is 172 g/mol. The highest BCUT2D eigenvalue weighted by atomic mass is 19.3. The molecule has 0 aromatic carbocycles. The van der Waals surface area contributed by atoms with E-state index >= 15 is 0 Å². The molecule has 0 radical (unpaired) electrons. The summed E-state index contributed by atoms with van der Waals surface area (Å²) in [6.07, 6.45) is 1.41. The monoisotopic (exact) mass is 187 g/mol. The average Bonchev–Trinajstić information content (AvgIpc) is 1.96. The first-order valence-electron chi connectivity index (χ1n) is 3.98. The number of hydrogen-bond acceptors (Lipinski definition) is 1. The van der Waals surface area contributed by atoms with E-state index in [1.807, 2.05) is 0 Å². The van der Waals surface area contributed by atoms with Gasteiger partial charge in [0.05, 0.1) is 0 Å². The standard InChI is InChI=1S/C10H15F2N/c1-7(2)9(6-13-5)8(3)10(4,11)12/h6H,1H2,2-5H3/b9-8-,13-6-. The van der Waals surface area contributed by atoms with Gasteiger partial charge in [-0.25, -0.2) is 8.78 Å². The van der Waals surface area contributed by atoms with Crippen LogP contribution in [0.3, 0.4) is 0 Å². The molecule has 13 heavy (non-hydrogen) atoms. The predicted molar refractivity (Wildman–Crippen MR) is 52.6 cm³/mol. The van der Waals surface area contributed by atoms with E-state index in [0.717, 1.165) is 6.92 Å². The highest BCUT2D eigenvalue weighted by Gasteiger charge is 2.26. The van der Waals surface area contributed by atoms with E-state index in [4.69, 9.17) is 0 Å². The molecule has 0 aromatic rings. The zero-order valence-electron chi connectivity index (χ0n) is 8.49. The highest BCUT2D eigenvalue weighted by molar-refractivity contribution is 5.85. The lowest BCUT2D eigenvalue weighted by molar-refractivity contribution is 0.0630. The molecule has 0 aliphatic heterocycles. The first kappa shape index (κ1) is 12.0. The summed E-state index contributed by atoms with van der Waals surface area (Å²) < 4.78 is 25.8. The van der Waals surface area contributed by atoms with Crippen LogP contribution in [0, 0.1) is 0 Å². The van der Waals surface area contributed by atoms with Gasteiger partial charge in [0.25, 0.3) is 5.92 Å². The van der Waals surface area contributed by atoms with Gasteiger partial charge in [-0.15, -0.1) is 0 Å². The summed E-state index contributed by atoms with van der Waals surface area (Å²) in [7, 11) is 1.55. The zero-order valence-corrected chi connectivity index (χ0v) is 8.49. The Hall–Kier alpha value is -0.990. The van der Waals surface area contributed by atoms with E-state index in [9.17, 15) is 8.78 Å². The minimum atomic E-state index is -2.81. The summed E-state index contributed by atoms with van der Waals surface area (Å²) in [6.45, 7) is 7.58. The van der Waals surface area contributed by atoms with Crippen molar-refractivity contribution in [2.24, 2.45) is 4.99 Å². The van der Waals surface area contributed by atoms with Crippen molar-refractivity contribution in [3.8, 4) is 0 Å². The van der Waals surface area contributed by atoms with Crippen LogP contribution in [0.4, 0.5) is 8.78 Å². The van der Waals surface area contributed by atoms with Gasteiger partial charge in [0.2, 0.25) is 0 Å². The molecule has 0 saturated heterocycles. The SMILES string of the molecule is C=C(C)C(/C=N\C)=C(/C)C(C)(F)F. The summed E-state index contributed by atoms with van der Waals surface area (Å²) in [6, 6.07) is 0. The smallest absolute Gasteiger partial charge is 0.267 e. The van der Waals surface area contributed by atoms with Crippen molar-refractivity contribution in [1.29, 1.82) is 0 Å². The Morgan fingerprint density at radius 2 is 1.85 bits per heavy atom. The van der Waals surface area contributed by atoms with Gasteiger partial charge in [0, 0.05) is 25.8 Å². The lowest BCUT2D eigenvalue weighted by atomic mass is 10.0. The van der Waals surface area contributed by atoms with Crippen LogP contribution in [-0.2, 0) is 0 Å². The molecular formula is C10H15F2N. The van der Waals surface area contributed by atoms with Crippen molar-refractivity contribution in [2.45, 2.75) is 26.7 Å². The average molecular weight is 187 g/mol. The second-order valence-electron chi connectivity index (χ2n) is 3.09. The summed E-state index contributed by atoms with van der Waals surface area (Å²) in [5.41, 5.74) is 1.03. The highest BCUT2D eigenvalue weighted by Crippen LogP contribution is 2.27. The van der Waals surface area contributed by atoms with Crippen LogP contribution in [0.2, 0.25) is 0 Å². The van der Waals surface area contributed by atoms with Gasteiger partial charge in [0.1, 0.15) is 0 Å². The maximum Gasteiger partial charge on any atom is 0.267 e. The summed E-state index contributed by atoms with van der Waals surface area (Å²) in [5, 5.41) is 0. The number of alkyl halides is 2. The van der Waals surface area contributed by atoms with Crippen LogP contribution in [0.25, 0.3) is 0 Å². The van der Waals surface area contributed by atoms with Crippen LogP contribution < -0.4 is 0 Å². The molecule has 0 spiro atoms. The molecule has 0 fully saturated rings. The van der Waals surface area contributed by atoms with Crippen molar-refractivity contribution in [1.82, 2.24) is 0 Å². The van der Waals surface area contributed by atoms with Crippen LogP contribution in [-0.4, -0.2) is 19.2 Å². The summed E-state index contributed by atoms with van der Waals surface area (Å²) in [5.74, 6) is -2.81. The predicted octanol–water partition coefficient (Wildman–Crippen LogP) is 3.23. The minimum Gasteiger partial charge on any atom is -0.296 e. The number of rotatable bonds is 3. The Balaban J connectivity index is 5.22. The maximum absolute atomic E-state index is 12.9. The molecule has 0 amide bonds. The first-order chi connectivity index (χ1) is 5.80. The molecule has 0 atom stereocenters. The molecule has 1 nitrogen and oxygen atoms in total. The fourth-order valence-electron chi connectivity index (χ4n) is 0.893. The van der Waals surface area contributed by atoms with Gasteiger partial charge in [-0.2, -0.15) is 0 Å². The van der Waals surface area contributed by atoms with Gasteiger partial charge < -0.3 is 0 Å². The Kier molecular flexibility index (Phi) is 3.98. The van der Waals surface area contributed by atoms with Crippen molar-refractivity contribution in [3.63, 3.8) is 0 Å². The maximum atomic E-state index is 12.9. The summed E-state index contributed by atoms with van der Waals surface area (Å²) in [4.78, 5) is 3.71. The molecule has 0 saturated carbocycles. The minimum absolute atomic E-state index is 0.00519. The number of aliphatic imine (C=N–C) groups is 1. The van der Waals surface area contributed by atoms with E-state index in [2.05, 4.69) is 11.6 Å². The molecule has 0 rings (SSSR count). The fourth-order valence-corrected chi connectivity index (χ4v) is 0.893. The number of halogens is 2. The van der Waals surface area contributed by atoms with E-state index < -0.39 is 5.92 Å². The molecule has 74 valence electrons. The molecule has 0 N–H and O–H groups in total. The normalized spacial score (nSPS) is 14.6. The van der Waals surface area contributed by atoms with E-state index in [-0.39, 0.29) is 5.57 Å². The molecule has 0 bridgehead atoms. The van der Waals surface area contributed by atoms with Crippen molar-refractivity contribution >= 4 is 6.21 Å². The van der Waals surface area contributed by atoms with Gasteiger partial charge in [-0.05, 0) is 25.0 Å². The second-order valence-corrected chi connectivity index (χ2v) is 3.09. The van der Waals surface area contributed by atoms with Gasteiger partial charge in [0.15, 0.2) is 0 Å². The van der Waals surface area contributed by atoms with Gasteiger partial charge in [-0.3, -0.25) is 4.99 Å². The third-order valence-electron chi connectivity index (χ3n) is 1.78. The Morgan fingerprint density at radius 3 is 2.08 bits per heavy atom. The molecule has 0 heterocycles. The third-order valence-corrected chi connectivity index (χ3v) is 1.78. The van der Waals surface area contributed by atoms with Gasteiger partial charge in [-0.1, -0.05) is 6.58 Å². The van der Waals surface area contributed by atoms with E-state index in [1.54, 1.807) is 14.0 Å². The summed E-state index contributed by atoms with van der Waals surface area (Å²) >= 11 is 0. The quantitative estimate of drug-likeness (QED) is 0.475. The van der Waals surface area contributed by atoms with Crippen molar-refractivity contribution in [3.05, 3.63) is 23.3 Å². The molecule has 3 heteroatoms. The number of allylic oxidation sites excluding steroid dienone is 3. The van der Waals surface area contributed by atoms with Crippen LogP contribution in [0.5, 0.6) is 0 Å². The molecule has 0 aliphatic carbocycles. The lowest BCUT2D eigenvalue weighted by Crippen LogP contribution is -2.14. The van der Waals surface area contributed by atoms with Crippen molar-refractivity contribution < 1.29 is 8.78 Å². The Labute approximate surface area is 77.9 Å². The third kappa shape index (κ3) is 3.49. The lowest BCUT2D eigenvalue weighted by Gasteiger charge is -2.14. The van der Waals surface area contributed by atoms with Crippen LogP contribution in [0.15, 0.2) is 28.3 Å². The van der Waals surface area contributed by atoms with E-state index in [0.29, 0.717) is 11.1 Å². The fraction of sp³-hybridized carbons (Fsp3) is 0.500. The topological polar surface area (TPSA) is 12.4 Å². The Morgan fingerprint density at radius 1 is 1.38 bits per heavy atom. The zero-order chi connectivity index (χ0) is 10.6. The van der Waals surface area contributed by atoms with E-state index in [1.165, 1.54) is 13.1 Å². The van der Waals surface area contributed by atoms with Crippen LogP contribution >= 0.6 is 0 Å². The van der Waals surface area contributed by atoms with Crippen LogP contribution in [0.1, 0.15) is 20.8 Å². The Bertz CT molecular complexity index is 257. The van der Waals surface area contributed by atoms with Gasteiger partial charge >= 0.3 is 0 Å². The van der Waals surface area contributed by atoms with Crippen molar-refractivity contribution in [2.75, 3.05) is 7.05 Å². The molecule has 0 unspecified atom stereocenters. The second kappa shape index (κ2) is 4.30. The number of nitrogens with zero attached hydrogens (tertiary/aromatic N) is 1. The molecule has 0 aliphatic rings. The first-order valence-corrected chi connectivity index (χ1v) is 3.98. The molecule has 0 aromatic heterocycles. The number of hydrogen-bond donors (Lipinski definition) is 0. The largest absolute Gasteiger partial charge is 0.296 e.